The lowest BCUT2D eigenvalue weighted by Crippen LogP contribution is -2.31. The molecule has 1 aliphatic carbocycles. The summed E-state index contributed by atoms with van der Waals surface area (Å²) in [5.74, 6) is 1.49. The summed E-state index contributed by atoms with van der Waals surface area (Å²) < 4.78 is 0. The van der Waals surface area contributed by atoms with E-state index in [4.69, 9.17) is 5.73 Å². The molecule has 2 atom stereocenters. The lowest BCUT2D eigenvalue weighted by Gasteiger charge is -2.19. The Morgan fingerprint density at radius 3 is 2.69 bits per heavy atom. The predicted octanol–water partition coefficient (Wildman–Crippen LogP) is 2.06. The van der Waals surface area contributed by atoms with Crippen molar-refractivity contribution in [2.75, 3.05) is 6.54 Å². The van der Waals surface area contributed by atoms with Crippen LogP contribution in [0.15, 0.2) is 0 Å². The standard InChI is InChI=1S/C13H26N2O/c1-10(2)11-4-3-5-12(7-6-11)15-9-8-13(14)16/h10-12,15H,3-9H2,1-2H3,(H2,14,16). The molecule has 3 N–H and O–H groups in total. The highest BCUT2D eigenvalue weighted by Crippen LogP contribution is 2.28. The molecule has 94 valence electrons. The monoisotopic (exact) mass is 226 g/mol. The molecule has 1 rings (SSSR count). The van der Waals surface area contributed by atoms with Crippen LogP contribution in [-0.4, -0.2) is 18.5 Å². The molecule has 0 aromatic heterocycles. The van der Waals surface area contributed by atoms with Crippen molar-refractivity contribution in [2.45, 2.75) is 58.4 Å². The average Bonchev–Trinajstić information content (AvgIpc) is 2.42. The fourth-order valence-electron chi connectivity index (χ4n) is 2.60. The minimum atomic E-state index is -0.207. The van der Waals surface area contributed by atoms with E-state index in [1.54, 1.807) is 0 Å². The van der Waals surface area contributed by atoms with Gasteiger partial charge in [-0.2, -0.15) is 0 Å². The third-order valence-electron chi connectivity index (χ3n) is 3.76. The zero-order chi connectivity index (χ0) is 12.0. The van der Waals surface area contributed by atoms with Crippen molar-refractivity contribution in [3.8, 4) is 0 Å². The number of carbonyl (C=O) groups is 1. The van der Waals surface area contributed by atoms with Crippen LogP contribution in [0.4, 0.5) is 0 Å². The number of amides is 1. The molecule has 1 amide bonds. The van der Waals surface area contributed by atoms with Gasteiger partial charge in [0.2, 0.25) is 5.91 Å². The summed E-state index contributed by atoms with van der Waals surface area (Å²) in [6, 6.07) is 0.600. The van der Waals surface area contributed by atoms with E-state index in [-0.39, 0.29) is 5.91 Å². The van der Waals surface area contributed by atoms with Crippen LogP contribution < -0.4 is 11.1 Å². The Labute approximate surface area is 99.2 Å². The minimum absolute atomic E-state index is 0.207. The zero-order valence-electron chi connectivity index (χ0n) is 10.7. The number of hydrogen-bond donors (Lipinski definition) is 2. The predicted molar refractivity (Wildman–Crippen MR) is 67.0 cm³/mol. The Morgan fingerprint density at radius 1 is 1.31 bits per heavy atom. The van der Waals surface area contributed by atoms with Crippen molar-refractivity contribution in [1.29, 1.82) is 0 Å². The molecule has 0 bridgehead atoms. The van der Waals surface area contributed by atoms with Crippen LogP contribution in [0, 0.1) is 11.8 Å². The number of rotatable bonds is 5. The molecule has 0 spiro atoms. The molecule has 3 heteroatoms. The summed E-state index contributed by atoms with van der Waals surface area (Å²) in [4.78, 5) is 10.6. The second kappa shape index (κ2) is 6.89. The van der Waals surface area contributed by atoms with Gasteiger partial charge in [-0.1, -0.05) is 26.7 Å². The van der Waals surface area contributed by atoms with Crippen molar-refractivity contribution in [3.05, 3.63) is 0 Å². The summed E-state index contributed by atoms with van der Waals surface area (Å²) in [6.07, 6.45) is 6.97. The first kappa shape index (κ1) is 13.5. The molecule has 1 fully saturated rings. The maximum Gasteiger partial charge on any atom is 0.218 e. The van der Waals surface area contributed by atoms with Gasteiger partial charge in [0, 0.05) is 19.0 Å². The van der Waals surface area contributed by atoms with Gasteiger partial charge in [0.1, 0.15) is 0 Å². The van der Waals surface area contributed by atoms with Crippen LogP contribution in [0.3, 0.4) is 0 Å². The fourth-order valence-corrected chi connectivity index (χ4v) is 2.60. The van der Waals surface area contributed by atoms with E-state index in [1.807, 2.05) is 0 Å². The Balaban J connectivity index is 2.22. The van der Waals surface area contributed by atoms with Gasteiger partial charge in [-0.05, 0) is 31.1 Å². The molecule has 0 aromatic rings. The molecule has 0 saturated heterocycles. The van der Waals surface area contributed by atoms with Crippen LogP contribution >= 0.6 is 0 Å². The Hall–Kier alpha value is -0.570. The molecular weight excluding hydrogens is 200 g/mol. The SMILES string of the molecule is CC(C)C1CCCC(NCCC(N)=O)CC1. The smallest absolute Gasteiger partial charge is 0.218 e. The molecule has 2 unspecified atom stereocenters. The first-order valence-electron chi connectivity index (χ1n) is 6.61. The summed E-state index contributed by atoms with van der Waals surface area (Å²) in [7, 11) is 0. The van der Waals surface area contributed by atoms with Gasteiger partial charge in [-0.3, -0.25) is 4.79 Å². The summed E-state index contributed by atoms with van der Waals surface area (Å²) >= 11 is 0. The highest BCUT2D eigenvalue weighted by molar-refractivity contribution is 5.73. The number of nitrogens with two attached hydrogens (primary N) is 1. The first-order chi connectivity index (χ1) is 7.59. The third-order valence-corrected chi connectivity index (χ3v) is 3.76. The van der Waals surface area contributed by atoms with Crippen LogP contribution in [0.25, 0.3) is 0 Å². The average molecular weight is 226 g/mol. The normalized spacial score (nSPS) is 26.7. The van der Waals surface area contributed by atoms with E-state index in [9.17, 15) is 4.79 Å². The second-order valence-electron chi connectivity index (χ2n) is 5.38. The van der Waals surface area contributed by atoms with E-state index in [0.717, 1.165) is 18.4 Å². The minimum Gasteiger partial charge on any atom is -0.370 e. The van der Waals surface area contributed by atoms with E-state index >= 15 is 0 Å². The van der Waals surface area contributed by atoms with E-state index in [2.05, 4.69) is 19.2 Å². The summed E-state index contributed by atoms with van der Waals surface area (Å²) in [5, 5.41) is 3.45. The molecule has 1 saturated carbocycles. The lowest BCUT2D eigenvalue weighted by molar-refractivity contribution is -0.117. The quantitative estimate of drug-likeness (QED) is 0.705. The second-order valence-corrected chi connectivity index (χ2v) is 5.38. The molecule has 0 aliphatic heterocycles. The van der Waals surface area contributed by atoms with E-state index < -0.39 is 0 Å². The number of primary amides is 1. The zero-order valence-corrected chi connectivity index (χ0v) is 10.7. The maximum absolute atomic E-state index is 10.6. The molecule has 0 radical (unpaired) electrons. The van der Waals surface area contributed by atoms with Crippen LogP contribution in [-0.2, 0) is 4.79 Å². The third kappa shape index (κ3) is 4.97. The molecular formula is C13H26N2O. The molecule has 3 nitrogen and oxygen atoms in total. The summed E-state index contributed by atoms with van der Waals surface area (Å²) in [5.41, 5.74) is 5.12. The lowest BCUT2D eigenvalue weighted by atomic mass is 9.89. The number of nitrogens with one attached hydrogen (secondary N) is 1. The van der Waals surface area contributed by atoms with E-state index in [0.29, 0.717) is 12.5 Å². The highest BCUT2D eigenvalue weighted by atomic mass is 16.1. The Kier molecular flexibility index (Phi) is 5.81. The number of carbonyl (C=O) groups excluding carboxylic acids is 1. The largest absolute Gasteiger partial charge is 0.370 e. The van der Waals surface area contributed by atoms with Crippen molar-refractivity contribution < 1.29 is 4.79 Å². The van der Waals surface area contributed by atoms with Crippen molar-refractivity contribution in [3.63, 3.8) is 0 Å². The van der Waals surface area contributed by atoms with Gasteiger partial charge < -0.3 is 11.1 Å². The van der Waals surface area contributed by atoms with Crippen LogP contribution in [0.2, 0.25) is 0 Å². The van der Waals surface area contributed by atoms with Gasteiger partial charge in [0.25, 0.3) is 0 Å². The van der Waals surface area contributed by atoms with E-state index in [1.165, 1.54) is 32.1 Å². The van der Waals surface area contributed by atoms with Crippen LogP contribution in [0.1, 0.15) is 52.4 Å². The van der Waals surface area contributed by atoms with Gasteiger partial charge in [0.15, 0.2) is 0 Å². The Morgan fingerprint density at radius 2 is 2.06 bits per heavy atom. The van der Waals surface area contributed by atoms with Crippen molar-refractivity contribution >= 4 is 5.91 Å². The first-order valence-corrected chi connectivity index (χ1v) is 6.61. The fraction of sp³-hybridized carbons (Fsp3) is 0.923. The van der Waals surface area contributed by atoms with Gasteiger partial charge in [-0.25, -0.2) is 0 Å². The van der Waals surface area contributed by atoms with Crippen LogP contribution in [0.5, 0.6) is 0 Å². The Bertz CT molecular complexity index is 216. The molecule has 0 heterocycles. The number of hydrogen-bond acceptors (Lipinski definition) is 2. The summed E-state index contributed by atoms with van der Waals surface area (Å²) in [6.45, 7) is 5.39. The molecule has 16 heavy (non-hydrogen) atoms. The van der Waals surface area contributed by atoms with Gasteiger partial charge in [-0.15, -0.1) is 0 Å². The van der Waals surface area contributed by atoms with Crippen molar-refractivity contribution in [2.24, 2.45) is 17.6 Å². The highest BCUT2D eigenvalue weighted by Gasteiger charge is 2.20. The molecule has 0 aromatic carbocycles. The van der Waals surface area contributed by atoms with Gasteiger partial charge in [0.05, 0.1) is 0 Å². The maximum atomic E-state index is 10.6. The van der Waals surface area contributed by atoms with Gasteiger partial charge >= 0.3 is 0 Å². The van der Waals surface area contributed by atoms with Crippen molar-refractivity contribution in [1.82, 2.24) is 5.32 Å². The topological polar surface area (TPSA) is 55.1 Å². The molecule has 1 aliphatic rings.